The second-order valence-corrected chi connectivity index (χ2v) is 4.14. The SMILES string of the molecule is Cc1ccc(C(=O)Nc2ncnc3[nH]cnc23)cc1. The van der Waals surface area contributed by atoms with Crippen molar-refractivity contribution in [1.82, 2.24) is 19.9 Å². The van der Waals surface area contributed by atoms with Crippen molar-refractivity contribution in [2.24, 2.45) is 0 Å². The molecule has 1 amide bonds. The highest BCUT2D eigenvalue weighted by Crippen LogP contribution is 2.15. The van der Waals surface area contributed by atoms with Gasteiger partial charge in [-0.2, -0.15) is 0 Å². The summed E-state index contributed by atoms with van der Waals surface area (Å²) in [6.07, 6.45) is 2.89. The zero-order valence-electron chi connectivity index (χ0n) is 10.2. The molecule has 2 heterocycles. The van der Waals surface area contributed by atoms with Gasteiger partial charge in [0.05, 0.1) is 6.33 Å². The van der Waals surface area contributed by atoms with Crippen LogP contribution in [0.5, 0.6) is 0 Å². The molecule has 3 rings (SSSR count). The topological polar surface area (TPSA) is 83.6 Å². The van der Waals surface area contributed by atoms with E-state index < -0.39 is 0 Å². The molecule has 94 valence electrons. The first-order chi connectivity index (χ1) is 9.24. The molecule has 2 aromatic heterocycles. The van der Waals surface area contributed by atoms with Gasteiger partial charge in [-0.05, 0) is 19.1 Å². The number of hydrogen-bond donors (Lipinski definition) is 2. The van der Waals surface area contributed by atoms with Crippen LogP contribution < -0.4 is 5.32 Å². The molecule has 6 heteroatoms. The lowest BCUT2D eigenvalue weighted by Gasteiger charge is -2.04. The van der Waals surface area contributed by atoms with E-state index in [1.165, 1.54) is 12.7 Å². The molecule has 0 bridgehead atoms. The number of rotatable bonds is 2. The second kappa shape index (κ2) is 4.49. The maximum atomic E-state index is 12.1. The molecule has 2 N–H and O–H groups in total. The standard InChI is InChI=1S/C13H11N5O/c1-8-2-4-9(5-3-8)13(19)18-12-10-11(15-6-14-10)16-7-17-12/h2-7H,1H3,(H2,14,15,16,17,18,19). The first-order valence-corrected chi connectivity index (χ1v) is 5.76. The predicted octanol–water partition coefficient (Wildman–Crippen LogP) is 1.91. The summed E-state index contributed by atoms with van der Waals surface area (Å²) >= 11 is 0. The van der Waals surface area contributed by atoms with Crippen LogP contribution in [-0.4, -0.2) is 25.8 Å². The van der Waals surface area contributed by atoms with Crippen molar-refractivity contribution in [3.8, 4) is 0 Å². The molecule has 1 aromatic carbocycles. The van der Waals surface area contributed by atoms with Crippen molar-refractivity contribution in [2.45, 2.75) is 6.92 Å². The molecule has 19 heavy (non-hydrogen) atoms. The van der Waals surface area contributed by atoms with Crippen LogP contribution in [0.25, 0.3) is 11.2 Å². The van der Waals surface area contributed by atoms with Gasteiger partial charge in [-0.3, -0.25) is 4.79 Å². The summed E-state index contributed by atoms with van der Waals surface area (Å²) in [6.45, 7) is 1.97. The first kappa shape index (κ1) is 11.3. The Kier molecular flexibility index (Phi) is 2.68. The normalized spacial score (nSPS) is 10.6. The van der Waals surface area contributed by atoms with Crippen LogP contribution in [0.1, 0.15) is 15.9 Å². The number of carbonyl (C=O) groups is 1. The Morgan fingerprint density at radius 1 is 1.16 bits per heavy atom. The largest absolute Gasteiger partial charge is 0.329 e. The lowest BCUT2D eigenvalue weighted by molar-refractivity contribution is 0.102. The summed E-state index contributed by atoms with van der Waals surface area (Å²) < 4.78 is 0. The van der Waals surface area contributed by atoms with E-state index in [0.29, 0.717) is 22.5 Å². The average Bonchev–Trinajstić information content (AvgIpc) is 2.89. The smallest absolute Gasteiger partial charge is 0.256 e. The number of nitrogens with zero attached hydrogens (tertiary/aromatic N) is 3. The minimum absolute atomic E-state index is 0.219. The van der Waals surface area contributed by atoms with E-state index in [2.05, 4.69) is 25.3 Å². The van der Waals surface area contributed by atoms with Gasteiger partial charge in [0.25, 0.3) is 5.91 Å². The van der Waals surface area contributed by atoms with Crippen LogP contribution in [0.15, 0.2) is 36.9 Å². The number of carbonyl (C=O) groups excluding carboxylic acids is 1. The van der Waals surface area contributed by atoms with E-state index in [9.17, 15) is 4.79 Å². The van der Waals surface area contributed by atoms with E-state index in [4.69, 9.17) is 0 Å². The van der Waals surface area contributed by atoms with Crippen molar-refractivity contribution in [2.75, 3.05) is 5.32 Å². The molecular weight excluding hydrogens is 242 g/mol. The summed E-state index contributed by atoms with van der Waals surface area (Å²) in [5, 5.41) is 2.73. The summed E-state index contributed by atoms with van der Waals surface area (Å²) in [4.78, 5) is 27.1. The predicted molar refractivity (Wildman–Crippen MR) is 70.8 cm³/mol. The minimum Gasteiger partial charge on any atom is -0.329 e. The van der Waals surface area contributed by atoms with E-state index >= 15 is 0 Å². The Morgan fingerprint density at radius 2 is 1.95 bits per heavy atom. The molecule has 3 aromatic rings. The molecule has 0 aliphatic carbocycles. The molecule has 0 unspecified atom stereocenters. The fraction of sp³-hybridized carbons (Fsp3) is 0.0769. The second-order valence-electron chi connectivity index (χ2n) is 4.14. The fourth-order valence-electron chi connectivity index (χ4n) is 1.74. The lowest BCUT2D eigenvalue weighted by Crippen LogP contribution is -2.13. The summed E-state index contributed by atoms with van der Waals surface area (Å²) in [6, 6.07) is 7.32. The number of H-pyrrole nitrogens is 1. The molecule has 0 atom stereocenters. The van der Waals surface area contributed by atoms with Gasteiger partial charge in [-0.25, -0.2) is 15.0 Å². The molecule has 0 saturated carbocycles. The maximum absolute atomic E-state index is 12.1. The van der Waals surface area contributed by atoms with Crippen molar-refractivity contribution < 1.29 is 4.79 Å². The molecule has 0 spiro atoms. The highest BCUT2D eigenvalue weighted by Gasteiger charge is 2.11. The fourth-order valence-corrected chi connectivity index (χ4v) is 1.74. The van der Waals surface area contributed by atoms with Gasteiger partial charge in [0.1, 0.15) is 6.33 Å². The molecule has 0 aliphatic heterocycles. The van der Waals surface area contributed by atoms with Crippen LogP contribution in [0.3, 0.4) is 0 Å². The third-order valence-corrected chi connectivity index (χ3v) is 2.76. The third-order valence-electron chi connectivity index (χ3n) is 2.76. The van der Waals surface area contributed by atoms with Gasteiger partial charge in [-0.1, -0.05) is 17.7 Å². The zero-order chi connectivity index (χ0) is 13.2. The molecule has 0 fully saturated rings. The van der Waals surface area contributed by atoms with Gasteiger partial charge in [-0.15, -0.1) is 0 Å². The van der Waals surface area contributed by atoms with Crippen LogP contribution in [0.4, 0.5) is 5.82 Å². The van der Waals surface area contributed by atoms with Crippen molar-refractivity contribution in [3.05, 3.63) is 48.0 Å². The van der Waals surface area contributed by atoms with Gasteiger partial charge in [0.2, 0.25) is 0 Å². The molecule has 0 radical (unpaired) electrons. The minimum atomic E-state index is -0.219. The number of fused-ring (bicyclic) bond motifs is 1. The number of imidazole rings is 1. The number of nitrogens with one attached hydrogen (secondary N) is 2. The Morgan fingerprint density at radius 3 is 2.74 bits per heavy atom. The van der Waals surface area contributed by atoms with Crippen LogP contribution in [0.2, 0.25) is 0 Å². The highest BCUT2D eigenvalue weighted by atomic mass is 16.1. The number of aryl methyl sites for hydroxylation is 1. The first-order valence-electron chi connectivity index (χ1n) is 5.76. The molecule has 0 aliphatic rings. The maximum Gasteiger partial charge on any atom is 0.256 e. The lowest BCUT2D eigenvalue weighted by atomic mass is 10.1. The summed E-state index contributed by atoms with van der Waals surface area (Å²) in [5.74, 6) is 0.180. The number of aromatic nitrogens is 4. The van der Waals surface area contributed by atoms with E-state index in [-0.39, 0.29) is 5.91 Å². The van der Waals surface area contributed by atoms with Gasteiger partial charge < -0.3 is 10.3 Å². The molecular formula is C13H11N5O. The van der Waals surface area contributed by atoms with E-state index in [1.54, 1.807) is 12.1 Å². The number of hydrogen-bond acceptors (Lipinski definition) is 4. The summed E-state index contributed by atoms with van der Waals surface area (Å²) in [5.41, 5.74) is 2.82. The molecule has 0 saturated heterocycles. The van der Waals surface area contributed by atoms with Crippen LogP contribution >= 0.6 is 0 Å². The van der Waals surface area contributed by atoms with Gasteiger partial charge in [0, 0.05) is 5.56 Å². The Balaban J connectivity index is 1.90. The average molecular weight is 253 g/mol. The Hall–Kier alpha value is -2.76. The van der Waals surface area contributed by atoms with Crippen molar-refractivity contribution in [1.29, 1.82) is 0 Å². The number of benzene rings is 1. The monoisotopic (exact) mass is 253 g/mol. The van der Waals surface area contributed by atoms with E-state index in [1.807, 2.05) is 19.1 Å². The third kappa shape index (κ3) is 2.15. The Labute approximate surface area is 108 Å². The Bertz CT molecular complexity index is 732. The number of aromatic amines is 1. The summed E-state index contributed by atoms with van der Waals surface area (Å²) in [7, 11) is 0. The van der Waals surface area contributed by atoms with Crippen molar-refractivity contribution >= 4 is 22.9 Å². The zero-order valence-corrected chi connectivity index (χ0v) is 10.2. The van der Waals surface area contributed by atoms with Gasteiger partial charge >= 0.3 is 0 Å². The van der Waals surface area contributed by atoms with Gasteiger partial charge in [0.15, 0.2) is 17.0 Å². The van der Waals surface area contributed by atoms with Crippen LogP contribution in [-0.2, 0) is 0 Å². The van der Waals surface area contributed by atoms with Crippen LogP contribution in [0, 0.1) is 6.92 Å². The molecule has 6 nitrogen and oxygen atoms in total. The highest BCUT2D eigenvalue weighted by molar-refractivity contribution is 6.06. The number of anilines is 1. The van der Waals surface area contributed by atoms with E-state index in [0.717, 1.165) is 5.56 Å². The van der Waals surface area contributed by atoms with Crippen molar-refractivity contribution in [3.63, 3.8) is 0 Å². The quantitative estimate of drug-likeness (QED) is 0.730. The number of amides is 1.